The van der Waals surface area contributed by atoms with Crippen molar-refractivity contribution in [2.75, 3.05) is 5.32 Å². The van der Waals surface area contributed by atoms with Crippen LogP contribution in [0.3, 0.4) is 0 Å². The molecule has 0 saturated carbocycles. The van der Waals surface area contributed by atoms with E-state index >= 15 is 0 Å². The lowest BCUT2D eigenvalue weighted by Crippen LogP contribution is -2.29. The smallest absolute Gasteiger partial charge is 0.291 e. The highest BCUT2D eigenvalue weighted by molar-refractivity contribution is 6.06. The average Bonchev–Trinajstić information content (AvgIpc) is 3.14. The Morgan fingerprint density at radius 3 is 2.96 bits per heavy atom. The molecule has 0 aliphatic heterocycles. The van der Waals surface area contributed by atoms with Gasteiger partial charge in [-0.1, -0.05) is 23.4 Å². The summed E-state index contributed by atoms with van der Waals surface area (Å²) in [6.07, 6.45) is 1.59. The molecule has 0 bridgehead atoms. The Morgan fingerprint density at radius 2 is 2.17 bits per heavy atom. The maximum atomic E-state index is 12.5. The van der Waals surface area contributed by atoms with Gasteiger partial charge in [0.15, 0.2) is 5.82 Å². The number of rotatable bonds is 3. The number of anilines is 1. The Morgan fingerprint density at radius 1 is 1.33 bits per heavy atom. The summed E-state index contributed by atoms with van der Waals surface area (Å²) in [5.41, 5.74) is 0.929. The number of nitrogens with one attached hydrogen (secondary N) is 2. The van der Waals surface area contributed by atoms with Gasteiger partial charge in [0, 0.05) is 22.4 Å². The van der Waals surface area contributed by atoms with Gasteiger partial charge in [0.05, 0.1) is 6.20 Å². The fourth-order valence-corrected chi connectivity index (χ4v) is 2.63. The minimum atomic E-state index is -0.409. The van der Waals surface area contributed by atoms with Crippen LogP contribution in [0.15, 0.2) is 45.8 Å². The summed E-state index contributed by atoms with van der Waals surface area (Å²) in [5, 5.41) is 12.0. The van der Waals surface area contributed by atoms with Gasteiger partial charge in [0.1, 0.15) is 17.8 Å². The minimum Gasteiger partial charge on any atom is -0.360 e. The van der Waals surface area contributed by atoms with Crippen LogP contribution >= 0.6 is 0 Å². The molecule has 120 valence electrons. The Balaban J connectivity index is 1.67. The lowest BCUT2D eigenvalue weighted by atomic mass is 10.2. The zero-order chi connectivity index (χ0) is 16.7. The Kier molecular flexibility index (Phi) is 3.16. The van der Waals surface area contributed by atoms with Crippen molar-refractivity contribution in [2.45, 2.75) is 13.5 Å². The van der Waals surface area contributed by atoms with Gasteiger partial charge < -0.3 is 14.8 Å². The molecule has 0 radical (unpaired) electrons. The maximum Gasteiger partial charge on any atom is 0.291 e. The molecular weight excluding hydrogens is 310 g/mol. The molecule has 0 unspecified atom stereocenters. The number of para-hydroxylation sites is 1. The first-order valence-electron chi connectivity index (χ1n) is 7.31. The van der Waals surface area contributed by atoms with E-state index in [0.29, 0.717) is 17.1 Å². The number of aryl methyl sites for hydroxylation is 1. The quantitative estimate of drug-likeness (QED) is 0.598. The number of benzene rings is 1. The Hall–Kier alpha value is -3.42. The van der Waals surface area contributed by atoms with Gasteiger partial charge in [0.2, 0.25) is 5.91 Å². The summed E-state index contributed by atoms with van der Waals surface area (Å²) >= 11 is 0. The van der Waals surface area contributed by atoms with Crippen LogP contribution in [-0.2, 0) is 11.3 Å². The van der Waals surface area contributed by atoms with Gasteiger partial charge in [-0.15, -0.1) is 0 Å². The van der Waals surface area contributed by atoms with Crippen LogP contribution < -0.4 is 10.9 Å². The number of aromatic amines is 1. The van der Waals surface area contributed by atoms with Crippen molar-refractivity contribution in [2.24, 2.45) is 0 Å². The van der Waals surface area contributed by atoms with Crippen LogP contribution in [-0.4, -0.2) is 25.8 Å². The van der Waals surface area contributed by atoms with Crippen molar-refractivity contribution in [3.8, 4) is 0 Å². The van der Waals surface area contributed by atoms with Crippen LogP contribution in [0.2, 0.25) is 0 Å². The SMILES string of the molecule is Cc1cc(NC(=O)Cn2ncc3c([nH]c4ccccc43)c2=O)no1. The second-order valence-corrected chi connectivity index (χ2v) is 5.44. The Bertz CT molecular complexity index is 1120. The van der Waals surface area contributed by atoms with E-state index in [-0.39, 0.29) is 12.1 Å². The molecule has 8 heteroatoms. The number of hydrogen-bond acceptors (Lipinski definition) is 5. The van der Waals surface area contributed by atoms with Gasteiger partial charge >= 0.3 is 0 Å². The maximum absolute atomic E-state index is 12.5. The fraction of sp³-hybridized carbons (Fsp3) is 0.125. The van der Waals surface area contributed by atoms with E-state index in [9.17, 15) is 9.59 Å². The standard InChI is InChI=1S/C16H13N5O3/c1-9-6-13(20-24-9)19-14(22)8-21-16(23)15-11(7-17-21)10-4-2-3-5-12(10)18-15/h2-7,18H,8H2,1H3,(H,19,20,22). The molecule has 3 heterocycles. The molecule has 0 atom stereocenters. The summed E-state index contributed by atoms with van der Waals surface area (Å²) in [7, 11) is 0. The summed E-state index contributed by atoms with van der Waals surface area (Å²) in [6.45, 7) is 1.51. The monoisotopic (exact) mass is 323 g/mol. The van der Waals surface area contributed by atoms with Crippen LogP contribution in [0.25, 0.3) is 21.8 Å². The number of amides is 1. The summed E-state index contributed by atoms with van der Waals surface area (Å²) in [5.74, 6) is 0.477. The molecule has 3 aromatic heterocycles. The highest BCUT2D eigenvalue weighted by atomic mass is 16.5. The zero-order valence-corrected chi connectivity index (χ0v) is 12.7. The van der Waals surface area contributed by atoms with Gasteiger partial charge in [-0.05, 0) is 13.0 Å². The number of hydrogen-bond donors (Lipinski definition) is 2. The third-order valence-corrected chi connectivity index (χ3v) is 3.71. The summed E-state index contributed by atoms with van der Waals surface area (Å²) in [4.78, 5) is 27.7. The second-order valence-electron chi connectivity index (χ2n) is 5.44. The van der Waals surface area contributed by atoms with Gasteiger partial charge in [-0.3, -0.25) is 9.59 Å². The second kappa shape index (κ2) is 5.34. The van der Waals surface area contributed by atoms with Gasteiger partial charge in [-0.2, -0.15) is 5.10 Å². The van der Waals surface area contributed by atoms with Crippen molar-refractivity contribution in [3.63, 3.8) is 0 Å². The number of fused-ring (bicyclic) bond motifs is 3. The van der Waals surface area contributed by atoms with E-state index in [1.54, 1.807) is 19.2 Å². The third kappa shape index (κ3) is 2.34. The lowest BCUT2D eigenvalue weighted by Gasteiger charge is -2.04. The predicted octanol–water partition coefficient (Wildman–Crippen LogP) is 1.81. The first kappa shape index (κ1) is 14.2. The predicted molar refractivity (Wildman–Crippen MR) is 87.7 cm³/mol. The molecule has 0 saturated heterocycles. The molecular formula is C16H13N5O3. The largest absolute Gasteiger partial charge is 0.360 e. The van der Waals surface area contributed by atoms with Crippen molar-refractivity contribution < 1.29 is 9.32 Å². The van der Waals surface area contributed by atoms with Gasteiger partial charge in [-0.25, -0.2) is 4.68 Å². The minimum absolute atomic E-state index is 0.212. The molecule has 1 aromatic carbocycles. The topological polar surface area (TPSA) is 106 Å². The number of aromatic nitrogens is 4. The fourth-order valence-electron chi connectivity index (χ4n) is 2.63. The van der Waals surface area contributed by atoms with Crippen LogP contribution in [0, 0.1) is 6.92 Å². The average molecular weight is 323 g/mol. The van der Waals surface area contributed by atoms with Crippen molar-refractivity contribution in [1.82, 2.24) is 19.9 Å². The van der Waals surface area contributed by atoms with E-state index in [1.807, 2.05) is 24.3 Å². The number of H-pyrrole nitrogens is 1. The molecule has 8 nitrogen and oxygen atoms in total. The van der Waals surface area contributed by atoms with Gasteiger partial charge in [0.25, 0.3) is 5.56 Å². The third-order valence-electron chi connectivity index (χ3n) is 3.71. The first-order valence-corrected chi connectivity index (χ1v) is 7.31. The molecule has 2 N–H and O–H groups in total. The van der Waals surface area contributed by atoms with Crippen LogP contribution in [0.4, 0.5) is 5.82 Å². The lowest BCUT2D eigenvalue weighted by molar-refractivity contribution is -0.117. The molecule has 1 amide bonds. The molecule has 24 heavy (non-hydrogen) atoms. The highest BCUT2D eigenvalue weighted by Crippen LogP contribution is 2.21. The molecule has 0 aliphatic carbocycles. The number of nitrogens with zero attached hydrogens (tertiary/aromatic N) is 3. The number of carbonyl (C=O) groups is 1. The summed E-state index contributed by atoms with van der Waals surface area (Å²) in [6, 6.07) is 9.18. The first-order chi connectivity index (χ1) is 11.6. The molecule has 0 spiro atoms. The van der Waals surface area contributed by atoms with E-state index in [2.05, 4.69) is 20.6 Å². The molecule has 0 fully saturated rings. The highest BCUT2D eigenvalue weighted by Gasteiger charge is 2.13. The van der Waals surface area contributed by atoms with Crippen LogP contribution in [0.5, 0.6) is 0 Å². The van der Waals surface area contributed by atoms with E-state index in [1.165, 1.54) is 0 Å². The normalized spacial score (nSPS) is 11.2. The Labute approximate surface area is 135 Å². The van der Waals surface area contributed by atoms with E-state index in [4.69, 9.17) is 4.52 Å². The van der Waals surface area contributed by atoms with Crippen molar-refractivity contribution >= 4 is 33.5 Å². The molecule has 4 rings (SSSR count). The number of carbonyl (C=O) groups excluding carboxylic acids is 1. The molecule has 4 aromatic rings. The molecule has 0 aliphatic rings. The van der Waals surface area contributed by atoms with Crippen molar-refractivity contribution in [1.29, 1.82) is 0 Å². The van der Waals surface area contributed by atoms with E-state index < -0.39 is 5.91 Å². The summed E-state index contributed by atoms with van der Waals surface area (Å²) < 4.78 is 5.99. The van der Waals surface area contributed by atoms with E-state index in [0.717, 1.165) is 21.0 Å². The van der Waals surface area contributed by atoms with Crippen molar-refractivity contribution in [3.05, 3.63) is 52.6 Å². The zero-order valence-electron chi connectivity index (χ0n) is 12.7. The van der Waals surface area contributed by atoms with Crippen LogP contribution in [0.1, 0.15) is 5.76 Å².